The van der Waals surface area contributed by atoms with Gasteiger partial charge in [0, 0.05) is 10.5 Å². The predicted molar refractivity (Wildman–Crippen MR) is 72.5 cm³/mol. The summed E-state index contributed by atoms with van der Waals surface area (Å²) in [6.07, 6.45) is -2.89. The van der Waals surface area contributed by atoms with Gasteiger partial charge in [0.15, 0.2) is 0 Å². The molecule has 1 saturated heterocycles. The molecule has 110 valence electrons. The molecule has 1 aromatic carbocycles. The number of alkyl halides is 3. The second kappa shape index (κ2) is 6.13. The Hall–Kier alpha value is -1.08. The van der Waals surface area contributed by atoms with Crippen LogP contribution in [0.25, 0.3) is 0 Å². The summed E-state index contributed by atoms with van der Waals surface area (Å²) >= 11 is 3.12. The average Bonchev–Trinajstić information content (AvgIpc) is 2.39. The van der Waals surface area contributed by atoms with Crippen LogP contribution < -0.4 is 10.6 Å². The van der Waals surface area contributed by atoms with Crippen LogP contribution in [-0.2, 0) is 6.18 Å². The van der Waals surface area contributed by atoms with E-state index in [4.69, 9.17) is 0 Å². The number of nitrogens with one attached hydrogen (secondary N) is 2. The lowest BCUT2D eigenvalue weighted by Gasteiger charge is -2.24. The topological polar surface area (TPSA) is 41.1 Å². The van der Waals surface area contributed by atoms with E-state index >= 15 is 0 Å². The zero-order valence-electron chi connectivity index (χ0n) is 10.6. The molecule has 1 fully saturated rings. The van der Waals surface area contributed by atoms with Crippen molar-refractivity contribution in [3.8, 4) is 0 Å². The molecule has 0 aromatic heterocycles. The van der Waals surface area contributed by atoms with E-state index in [1.54, 1.807) is 0 Å². The summed E-state index contributed by atoms with van der Waals surface area (Å²) in [4.78, 5) is 12.1. The number of carbonyl (C=O) groups is 1. The summed E-state index contributed by atoms with van der Waals surface area (Å²) in [6, 6.07) is 3.08. The maximum atomic E-state index is 12.7. The van der Waals surface area contributed by atoms with Crippen molar-refractivity contribution in [2.75, 3.05) is 13.1 Å². The number of benzene rings is 1. The quantitative estimate of drug-likeness (QED) is 0.860. The van der Waals surface area contributed by atoms with Crippen LogP contribution in [-0.4, -0.2) is 25.0 Å². The van der Waals surface area contributed by atoms with Gasteiger partial charge in [-0.1, -0.05) is 0 Å². The van der Waals surface area contributed by atoms with Gasteiger partial charge in [-0.15, -0.1) is 0 Å². The number of piperidine rings is 1. The van der Waals surface area contributed by atoms with Gasteiger partial charge in [0.25, 0.3) is 5.91 Å². The SMILES string of the molecule is O=C(NC1CCNCC1)c1cc(C(F)(F)F)ccc1Br. The third-order valence-electron chi connectivity index (χ3n) is 3.21. The first-order valence-electron chi connectivity index (χ1n) is 6.26. The summed E-state index contributed by atoms with van der Waals surface area (Å²) in [5.41, 5.74) is -0.811. The van der Waals surface area contributed by atoms with Gasteiger partial charge in [0.05, 0.1) is 11.1 Å². The molecule has 1 heterocycles. The molecule has 0 aliphatic carbocycles. The summed E-state index contributed by atoms with van der Waals surface area (Å²) in [6.45, 7) is 1.60. The maximum Gasteiger partial charge on any atom is 0.416 e. The lowest BCUT2D eigenvalue weighted by Crippen LogP contribution is -2.42. The second-order valence-corrected chi connectivity index (χ2v) is 5.54. The Bertz CT molecular complexity index is 499. The number of carbonyl (C=O) groups excluding carboxylic acids is 1. The van der Waals surface area contributed by atoms with Crippen molar-refractivity contribution < 1.29 is 18.0 Å². The van der Waals surface area contributed by atoms with Crippen molar-refractivity contribution in [2.24, 2.45) is 0 Å². The van der Waals surface area contributed by atoms with Gasteiger partial charge in [0.2, 0.25) is 0 Å². The highest BCUT2D eigenvalue weighted by molar-refractivity contribution is 9.10. The van der Waals surface area contributed by atoms with E-state index in [-0.39, 0.29) is 11.6 Å². The Morgan fingerprint density at radius 2 is 1.95 bits per heavy atom. The minimum atomic E-state index is -4.45. The van der Waals surface area contributed by atoms with Crippen LogP contribution in [0.3, 0.4) is 0 Å². The van der Waals surface area contributed by atoms with Crippen LogP contribution in [0.5, 0.6) is 0 Å². The highest BCUT2D eigenvalue weighted by Gasteiger charge is 2.31. The molecule has 0 spiro atoms. The van der Waals surface area contributed by atoms with Crippen LogP contribution >= 0.6 is 15.9 Å². The summed E-state index contributed by atoms with van der Waals surface area (Å²) in [5, 5.41) is 5.94. The molecule has 20 heavy (non-hydrogen) atoms. The molecule has 2 N–H and O–H groups in total. The lowest BCUT2D eigenvalue weighted by atomic mass is 10.1. The van der Waals surface area contributed by atoms with E-state index in [0.717, 1.165) is 38.1 Å². The Morgan fingerprint density at radius 3 is 2.55 bits per heavy atom. The van der Waals surface area contributed by atoms with Gasteiger partial charge in [-0.2, -0.15) is 13.2 Å². The van der Waals surface area contributed by atoms with Crippen LogP contribution in [0.15, 0.2) is 22.7 Å². The summed E-state index contributed by atoms with van der Waals surface area (Å²) in [7, 11) is 0. The molecule has 0 saturated carbocycles. The second-order valence-electron chi connectivity index (χ2n) is 4.69. The molecule has 0 radical (unpaired) electrons. The molecule has 2 rings (SSSR count). The fourth-order valence-electron chi connectivity index (χ4n) is 2.11. The number of rotatable bonds is 2. The van der Waals surface area contributed by atoms with Crippen molar-refractivity contribution >= 4 is 21.8 Å². The minimum Gasteiger partial charge on any atom is -0.349 e. The van der Waals surface area contributed by atoms with Crippen molar-refractivity contribution in [2.45, 2.75) is 25.1 Å². The fraction of sp³-hybridized carbons (Fsp3) is 0.462. The number of hydrogen-bond acceptors (Lipinski definition) is 2. The Labute approximate surface area is 123 Å². The Morgan fingerprint density at radius 1 is 1.30 bits per heavy atom. The lowest BCUT2D eigenvalue weighted by molar-refractivity contribution is -0.137. The van der Waals surface area contributed by atoms with Gasteiger partial charge < -0.3 is 10.6 Å². The van der Waals surface area contributed by atoms with Gasteiger partial charge in [0.1, 0.15) is 0 Å². The Kier molecular flexibility index (Phi) is 4.70. The molecule has 7 heteroatoms. The van der Waals surface area contributed by atoms with E-state index in [1.165, 1.54) is 6.07 Å². The zero-order valence-corrected chi connectivity index (χ0v) is 12.1. The number of amides is 1. The van der Waals surface area contributed by atoms with E-state index in [2.05, 4.69) is 26.6 Å². The third kappa shape index (κ3) is 3.73. The van der Waals surface area contributed by atoms with Gasteiger partial charge >= 0.3 is 6.18 Å². The highest BCUT2D eigenvalue weighted by Crippen LogP contribution is 2.31. The average molecular weight is 351 g/mol. The van der Waals surface area contributed by atoms with Crippen molar-refractivity contribution in [3.05, 3.63) is 33.8 Å². The van der Waals surface area contributed by atoms with Crippen LogP contribution in [0.4, 0.5) is 13.2 Å². The summed E-state index contributed by atoms with van der Waals surface area (Å²) < 4.78 is 38.4. The molecule has 1 aromatic rings. The Balaban J connectivity index is 2.16. The number of hydrogen-bond donors (Lipinski definition) is 2. The van der Waals surface area contributed by atoms with E-state index < -0.39 is 17.6 Å². The highest BCUT2D eigenvalue weighted by atomic mass is 79.9. The molecule has 1 aliphatic heterocycles. The van der Waals surface area contributed by atoms with E-state index in [1.807, 2.05) is 0 Å². The largest absolute Gasteiger partial charge is 0.416 e. The normalized spacial score (nSPS) is 17.0. The predicted octanol–water partition coefficient (Wildman–Crippen LogP) is 2.95. The molecule has 3 nitrogen and oxygen atoms in total. The molecular weight excluding hydrogens is 337 g/mol. The zero-order chi connectivity index (χ0) is 14.8. The van der Waals surface area contributed by atoms with Gasteiger partial charge in [-0.05, 0) is 60.1 Å². The summed E-state index contributed by atoms with van der Waals surface area (Å²) in [5.74, 6) is -0.477. The van der Waals surface area contributed by atoms with E-state index in [0.29, 0.717) is 4.47 Å². The molecule has 1 amide bonds. The van der Waals surface area contributed by atoms with Crippen molar-refractivity contribution in [3.63, 3.8) is 0 Å². The monoisotopic (exact) mass is 350 g/mol. The van der Waals surface area contributed by atoms with Crippen molar-refractivity contribution in [1.82, 2.24) is 10.6 Å². The van der Waals surface area contributed by atoms with Crippen LogP contribution in [0, 0.1) is 0 Å². The van der Waals surface area contributed by atoms with Crippen LogP contribution in [0.2, 0.25) is 0 Å². The molecule has 0 unspecified atom stereocenters. The first-order valence-corrected chi connectivity index (χ1v) is 7.05. The first-order chi connectivity index (χ1) is 9.38. The maximum absolute atomic E-state index is 12.7. The smallest absolute Gasteiger partial charge is 0.349 e. The van der Waals surface area contributed by atoms with Gasteiger partial charge in [-0.3, -0.25) is 4.79 Å². The molecule has 0 atom stereocenters. The minimum absolute atomic E-state index is 0.00481. The van der Waals surface area contributed by atoms with Gasteiger partial charge in [-0.25, -0.2) is 0 Å². The first kappa shape index (κ1) is 15.3. The molecular formula is C13H14BrF3N2O. The van der Waals surface area contributed by atoms with E-state index in [9.17, 15) is 18.0 Å². The number of halogens is 4. The van der Waals surface area contributed by atoms with Crippen LogP contribution in [0.1, 0.15) is 28.8 Å². The third-order valence-corrected chi connectivity index (χ3v) is 3.90. The molecule has 1 aliphatic rings. The fourth-order valence-corrected chi connectivity index (χ4v) is 2.53. The standard InChI is InChI=1S/C13H14BrF3N2O/c14-11-2-1-8(13(15,16)17)7-10(11)12(20)19-9-3-5-18-6-4-9/h1-2,7,9,18H,3-6H2,(H,19,20). The van der Waals surface area contributed by atoms with Crippen molar-refractivity contribution in [1.29, 1.82) is 0 Å². The molecule has 0 bridgehead atoms.